The first kappa shape index (κ1) is 17.8. The molecule has 1 unspecified atom stereocenters. The van der Waals surface area contributed by atoms with E-state index in [1.165, 1.54) is 19.1 Å². The smallest absolute Gasteiger partial charge is 0.341 e. The molecule has 0 aliphatic heterocycles. The molecular weight excluding hydrogens is 356 g/mol. The van der Waals surface area contributed by atoms with Crippen LogP contribution in [0.3, 0.4) is 0 Å². The summed E-state index contributed by atoms with van der Waals surface area (Å²) in [5.41, 5.74) is 0.552. The molecular formula is C18H16N2O5S. The van der Waals surface area contributed by atoms with Crippen LogP contribution in [0.1, 0.15) is 29.1 Å². The second-order valence-electron chi connectivity index (χ2n) is 5.60. The van der Waals surface area contributed by atoms with E-state index in [0.29, 0.717) is 5.56 Å². The van der Waals surface area contributed by atoms with Crippen LogP contribution in [-0.4, -0.2) is 24.7 Å². The average molecular weight is 372 g/mol. The fourth-order valence-corrected chi connectivity index (χ4v) is 3.78. The van der Waals surface area contributed by atoms with Crippen LogP contribution in [0.25, 0.3) is 11.3 Å². The van der Waals surface area contributed by atoms with E-state index < -0.39 is 22.0 Å². The van der Waals surface area contributed by atoms with Gasteiger partial charge in [0.1, 0.15) is 11.3 Å². The van der Waals surface area contributed by atoms with Crippen molar-refractivity contribution < 1.29 is 22.8 Å². The number of nitrogens with zero attached hydrogens (tertiary/aromatic N) is 1. The number of carboxylic acids is 1. The summed E-state index contributed by atoms with van der Waals surface area (Å²) in [5, 5.41) is 13.4. The lowest BCUT2D eigenvalue weighted by atomic mass is 10.0. The lowest BCUT2D eigenvalue weighted by Crippen LogP contribution is -2.27. The first-order valence-electron chi connectivity index (χ1n) is 7.76. The third kappa shape index (κ3) is 3.51. The molecule has 2 aromatic carbocycles. The average Bonchev–Trinajstić information content (AvgIpc) is 3.08. The predicted molar refractivity (Wildman–Crippen MR) is 94.1 cm³/mol. The van der Waals surface area contributed by atoms with E-state index in [-0.39, 0.29) is 21.9 Å². The first-order valence-corrected chi connectivity index (χ1v) is 9.24. The van der Waals surface area contributed by atoms with Gasteiger partial charge in [-0.1, -0.05) is 53.7 Å². The van der Waals surface area contributed by atoms with Crippen molar-refractivity contribution in [2.45, 2.75) is 17.9 Å². The van der Waals surface area contributed by atoms with E-state index in [9.17, 15) is 18.3 Å². The van der Waals surface area contributed by atoms with Crippen LogP contribution in [-0.2, 0) is 10.0 Å². The quantitative estimate of drug-likeness (QED) is 0.688. The maximum atomic E-state index is 12.5. The first-order chi connectivity index (χ1) is 12.4. The molecule has 1 aromatic heterocycles. The normalized spacial score (nSPS) is 12.7. The second kappa shape index (κ2) is 7.11. The van der Waals surface area contributed by atoms with Gasteiger partial charge >= 0.3 is 5.97 Å². The third-order valence-corrected chi connectivity index (χ3v) is 5.31. The summed E-state index contributed by atoms with van der Waals surface area (Å²) >= 11 is 0. The number of carboxylic acid groups (broad SMARTS) is 1. The lowest BCUT2D eigenvalue weighted by Gasteiger charge is -2.12. The molecule has 134 valence electrons. The molecule has 0 fully saturated rings. The molecule has 3 aromatic rings. The van der Waals surface area contributed by atoms with Gasteiger partial charge in [-0.2, -0.15) is 0 Å². The molecule has 0 radical (unpaired) electrons. The van der Waals surface area contributed by atoms with Crippen molar-refractivity contribution >= 4 is 16.0 Å². The van der Waals surface area contributed by atoms with Crippen LogP contribution in [0.15, 0.2) is 70.1 Å². The van der Waals surface area contributed by atoms with Gasteiger partial charge in [0.25, 0.3) is 0 Å². The second-order valence-corrected chi connectivity index (χ2v) is 7.31. The Balaban J connectivity index is 1.97. The molecule has 3 rings (SSSR count). The molecule has 2 N–H and O–H groups in total. The zero-order valence-electron chi connectivity index (χ0n) is 13.8. The van der Waals surface area contributed by atoms with Crippen LogP contribution in [0.4, 0.5) is 0 Å². The summed E-state index contributed by atoms with van der Waals surface area (Å²) in [6, 6.07) is 15.6. The number of nitrogens with one attached hydrogen (secondary N) is 1. The minimum atomic E-state index is -3.84. The Bertz CT molecular complexity index is 1010. The van der Waals surface area contributed by atoms with Crippen LogP contribution < -0.4 is 4.72 Å². The number of aromatic nitrogens is 1. The Morgan fingerprint density at radius 1 is 1.08 bits per heavy atom. The Kier molecular flexibility index (Phi) is 4.88. The van der Waals surface area contributed by atoms with Crippen molar-refractivity contribution in [3.8, 4) is 11.3 Å². The Labute approximate surface area is 150 Å². The topological polar surface area (TPSA) is 110 Å². The number of rotatable bonds is 6. The summed E-state index contributed by atoms with van der Waals surface area (Å²) in [4.78, 5) is 11.8. The van der Waals surface area contributed by atoms with Gasteiger partial charge in [-0.15, -0.1) is 0 Å². The van der Waals surface area contributed by atoms with Crippen LogP contribution >= 0.6 is 0 Å². The van der Waals surface area contributed by atoms with Gasteiger partial charge in [-0.3, -0.25) is 0 Å². The fourth-order valence-electron chi connectivity index (χ4n) is 2.55. The summed E-state index contributed by atoms with van der Waals surface area (Å²) in [6.45, 7) is 1.50. The van der Waals surface area contributed by atoms with Crippen LogP contribution in [0.2, 0.25) is 0 Å². The molecule has 7 nitrogen and oxygen atoms in total. The Hall–Kier alpha value is -2.97. The summed E-state index contributed by atoms with van der Waals surface area (Å²) < 4.78 is 32.5. The van der Waals surface area contributed by atoms with E-state index in [2.05, 4.69) is 9.88 Å². The third-order valence-electron chi connectivity index (χ3n) is 3.76. The number of hydrogen-bond acceptors (Lipinski definition) is 5. The minimum Gasteiger partial charge on any atom is -0.477 e. The van der Waals surface area contributed by atoms with E-state index in [4.69, 9.17) is 4.52 Å². The van der Waals surface area contributed by atoms with Crippen molar-refractivity contribution in [3.05, 3.63) is 72.0 Å². The van der Waals surface area contributed by atoms with Crippen molar-refractivity contribution in [2.24, 2.45) is 0 Å². The number of sulfonamides is 1. The molecule has 26 heavy (non-hydrogen) atoms. The highest BCUT2D eigenvalue weighted by molar-refractivity contribution is 7.89. The van der Waals surface area contributed by atoms with Crippen molar-refractivity contribution in [1.29, 1.82) is 0 Å². The molecule has 0 spiro atoms. The highest BCUT2D eigenvalue weighted by Crippen LogP contribution is 2.29. The van der Waals surface area contributed by atoms with Gasteiger partial charge in [0.05, 0.1) is 10.9 Å². The molecule has 0 saturated carbocycles. The summed E-state index contributed by atoms with van der Waals surface area (Å²) in [7, 11) is -3.84. The highest BCUT2D eigenvalue weighted by Gasteiger charge is 2.29. The highest BCUT2D eigenvalue weighted by atomic mass is 32.2. The van der Waals surface area contributed by atoms with Crippen molar-refractivity contribution in [2.75, 3.05) is 0 Å². The summed E-state index contributed by atoms with van der Waals surface area (Å²) in [6.07, 6.45) is 0. The van der Waals surface area contributed by atoms with E-state index in [1.54, 1.807) is 48.5 Å². The van der Waals surface area contributed by atoms with Crippen molar-refractivity contribution in [1.82, 2.24) is 9.88 Å². The Morgan fingerprint density at radius 2 is 1.65 bits per heavy atom. The minimum absolute atomic E-state index is 0.0594. The standard InChI is InChI=1S/C18H16N2O5S/c1-12(20-26(23,24)14-10-6-3-7-11-14)17-15(18(21)22)16(19-25-17)13-8-4-2-5-9-13/h2-12,20H,1H3,(H,21,22). The lowest BCUT2D eigenvalue weighted by molar-refractivity contribution is 0.0694. The maximum Gasteiger partial charge on any atom is 0.341 e. The number of carbonyl (C=O) groups is 1. The molecule has 8 heteroatoms. The number of benzene rings is 2. The van der Waals surface area contributed by atoms with E-state index in [0.717, 1.165) is 0 Å². The van der Waals surface area contributed by atoms with Crippen LogP contribution in [0, 0.1) is 0 Å². The number of aromatic carboxylic acids is 1. The van der Waals surface area contributed by atoms with Gasteiger partial charge in [-0.25, -0.2) is 17.9 Å². The molecule has 0 bridgehead atoms. The van der Waals surface area contributed by atoms with E-state index in [1.807, 2.05) is 0 Å². The predicted octanol–water partition coefficient (Wildman–Crippen LogP) is 3.08. The van der Waals surface area contributed by atoms with Gasteiger partial charge in [0.2, 0.25) is 10.0 Å². The van der Waals surface area contributed by atoms with Crippen molar-refractivity contribution in [3.63, 3.8) is 0 Å². The molecule has 0 aliphatic carbocycles. The van der Waals surface area contributed by atoms with Gasteiger partial charge in [-0.05, 0) is 19.1 Å². The molecule has 0 amide bonds. The van der Waals surface area contributed by atoms with Gasteiger partial charge < -0.3 is 9.63 Å². The Morgan fingerprint density at radius 3 is 2.23 bits per heavy atom. The molecule has 1 heterocycles. The summed E-state index contributed by atoms with van der Waals surface area (Å²) in [5.74, 6) is -1.30. The molecule has 0 aliphatic rings. The monoisotopic (exact) mass is 372 g/mol. The van der Waals surface area contributed by atoms with Gasteiger partial charge in [0, 0.05) is 5.56 Å². The SMILES string of the molecule is CC(NS(=O)(=O)c1ccccc1)c1onc(-c2ccccc2)c1C(=O)O. The number of hydrogen-bond donors (Lipinski definition) is 2. The zero-order valence-corrected chi connectivity index (χ0v) is 14.6. The largest absolute Gasteiger partial charge is 0.477 e. The van der Waals surface area contributed by atoms with Gasteiger partial charge in [0.15, 0.2) is 5.76 Å². The fraction of sp³-hybridized carbons (Fsp3) is 0.111. The van der Waals surface area contributed by atoms with E-state index >= 15 is 0 Å². The van der Waals surface area contributed by atoms with Crippen LogP contribution in [0.5, 0.6) is 0 Å². The molecule has 0 saturated heterocycles. The molecule has 1 atom stereocenters. The zero-order chi connectivity index (χ0) is 18.7. The maximum absolute atomic E-state index is 12.5.